The Hall–Kier alpha value is -2.47. The average Bonchev–Trinajstić information content (AvgIpc) is 2.94. The Morgan fingerprint density at radius 2 is 1.95 bits per heavy atom. The Bertz CT molecular complexity index is 749. The molecule has 0 aliphatic carbocycles. The van der Waals surface area contributed by atoms with Crippen LogP contribution in [0.2, 0.25) is 5.02 Å². The average molecular weight is 304 g/mol. The highest BCUT2D eigenvalue weighted by Crippen LogP contribution is 2.32. The van der Waals surface area contributed by atoms with Crippen molar-refractivity contribution in [2.24, 2.45) is 0 Å². The number of nitrogens with zero attached hydrogens (tertiary/aromatic N) is 4. The molecule has 0 amide bonds. The third-order valence-electron chi connectivity index (χ3n) is 3.21. The zero-order valence-electron chi connectivity index (χ0n) is 11.1. The highest BCUT2D eigenvalue weighted by Gasteiger charge is 2.17. The summed E-state index contributed by atoms with van der Waals surface area (Å²) >= 11 is 6.21. The molecular weight excluding hydrogens is 293 g/mol. The van der Waals surface area contributed by atoms with Crippen molar-refractivity contribution in [1.82, 2.24) is 20.2 Å². The van der Waals surface area contributed by atoms with Gasteiger partial charge in [0.2, 0.25) is 0 Å². The Kier molecular flexibility index (Phi) is 3.31. The Morgan fingerprint density at radius 1 is 1.19 bits per heavy atom. The van der Waals surface area contributed by atoms with Gasteiger partial charge in [0.25, 0.3) is 0 Å². The van der Waals surface area contributed by atoms with Gasteiger partial charge in [0.15, 0.2) is 5.82 Å². The van der Waals surface area contributed by atoms with Crippen LogP contribution in [-0.4, -0.2) is 20.2 Å². The second-order valence-electron chi connectivity index (χ2n) is 4.51. The third kappa shape index (κ3) is 2.23. The van der Waals surface area contributed by atoms with Crippen molar-refractivity contribution in [3.8, 4) is 17.1 Å². The highest BCUT2D eigenvalue weighted by molar-refractivity contribution is 6.35. The summed E-state index contributed by atoms with van der Waals surface area (Å²) in [5, 5.41) is 11.9. The molecule has 0 saturated carbocycles. The molecule has 7 heteroatoms. The summed E-state index contributed by atoms with van der Waals surface area (Å²) in [5.41, 5.74) is 7.82. The molecule has 0 unspecified atom stereocenters. The standard InChI is InChI=1S/C14H11ClFN5/c1-8-10(16)5-3-7-12(8)21-14(18-19-20-21)9-4-2-6-11(17)13(9)15/h2-7H,17H2,1H3. The van der Waals surface area contributed by atoms with Crippen molar-refractivity contribution in [3.05, 3.63) is 52.8 Å². The predicted molar refractivity (Wildman–Crippen MR) is 78.7 cm³/mol. The van der Waals surface area contributed by atoms with E-state index in [9.17, 15) is 4.39 Å². The minimum atomic E-state index is -0.326. The van der Waals surface area contributed by atoms with E-state index < -0.39 is 0 Å². The smallest absolute Gasteiger partial charge is 0.188 e. The van der Waals surface area contributed by atoms with Gasteiger partial charge in [-0.3, -0.25) is 0 Å². The van der Waals surface area contributed by atoms with E-state index in [2.05, 4.69) is 15.5 Å². The quantitative estimate of drug-likeness (QED) is 0.739. The monoisotopic (exact) mass is 303 g/mol. The van der Waals surface area contributed by atoms with Gasteiger partial charge in [-0.25, -0.2) is 4.39 Å². The number of benzene rings is 2. The number of tetrazole rings is 1. The predicted octanol–water partition coefficient (Wildman–Crippen LogP) is 3.01. The van der Waals surface area contributed by atoms with Crippen LogP contribution in [0.4, 0.5) is 10.1 Å². The van der Waals surface area contributed by atoms with Crippen LogP contribution in [0.3, 0.4) is 0 Å². The van der Waals surface area contributed by atoms with Gasteiger partial charge >= 0.3 is 0 Å². The third-order valence-corrected chi connectivity index (χ3v) is 3.63. The van der Waals surface area contributed by atoms with E-state index in [1.807, 2.05) is 0 Å². The van der Waals surface area contributed by atoms with E-state index in [1.54, 1.807) is 37.3 Å². The lowest BCUT2D eigenvalue weighted by molar-refractivity contribution is 0.614. The van der Waals surface area contributed by atoms with Gasteiger partial charge in [-0.05, 0) is 41.6 Å². The number of aromatic nitrogens is 4. The molecule has 5 nitrogen and oxygen atoms in total. The zero-order valence-corrected chi connectivity index (χ0v) is 11.8. The molecule has 1 heterocycles. The summed E-state index contributed by atoms with van der Waals surface area (Å²) in [4.78, 5) is 0. The lowest BCUT2D eigenvalue weighted by Gasteiger charge is -2.10. The first kappa shape index (κ1) is 13.5. The van der Waals surface area contributed by atoms with Crippen LogP contribution in [0.1, 0.15) is 5.56 Å². The van der Waals surface area contributed by atoms with Crippen LogP contribution >= 0.6 is 11.6 Å². The van der Waals surface area contributed by atoms with Crippen molar-refractivity contribution in [2.45, 2.75) is 6.92 Å². The molecule has 3 rings (SSSR count). The van der Waals surface area contributed by atoms with Crippen molar-refractivity contribution in [3.63, 3.8) is 0 Å². The molecule has 3 aromatic rings. The molecule has 0 spiro atoms. The molecule has 0 aliphatic rings. The van der Waals surface area contributed by atoms with Gasteiger partial charge in [0.1, 0.15) is 5.82 Å². The first-order valence-electron chi connectivity index (χ1n) is 6.18. The summed E-state index contributed by atoms with van der Waals surface area (Å²) in [7, 11) is 0. The molecule has 0 fully saturated rings. The minimum absolute atomic E-state index is 0.326. The number of hydrogen-bond donors (Lipinski definition) is 1. The molecule has 2 aromatic carbocycles. The number of halogens is 2. The van der Waals surface area contributed by atoms with Crippen LogP contribution in [0.5, 0.6) is 0 Å². The van der Waals surface area contributed by atoms with Crippen molar-refractivity contribution < 1.29 is 4.39 Å². The van der Waals surface area contributed by atoms with Crippen molar-refractivity contribution in [2.75, 3.05) is 5.73 Å². The molecule has 0 aliphatic heterocycles. The van der Waals surface area contributed by atoms with Crippen molar-refractivity contribution in [1.29, 1.82) is 0 Å². The lowest BCUT2D eigenvalue weighted by atomic mass is 10.1. The number of anilines is 1. The summed E-state index contributed by atoms with van der Waals surface area (Å²) in [6, 6.07) is 9.93. The Balaban J connectivity index is 2.22. The number of nitrogens with two attached hydrogens (primary N) is 1. The summed E-state index contributed by atoms with van der Waals surface area (Å²) in [6.07, 6.45) is 0. The van der Waals surface area contributed by atoms with Crippen LogP contribution in [0.15, 0.2) is 36.4 Å². The molecule has 0 atom stereocenters. The first-order chi connectivity index (χ1) is 10.1. The molecule has 1 aromatic heterocycles. The fourth-order valence-electron chi connectivity index (χ4n) is 2.07. The molecule has 2 N–H and O–H groups in total. The normalized spacial score (nSPS) is 10.8. The van der Waals surface area contributed by atoms with E-state index in [0.29, 0.717) is 33.3 Å². The van der Waals surface area contributed by atoms with Gasteiger partial charge < -0.3 is 5.73 Å². The maximum Gasteiger partial charge on any atom is 0.188 e. The molecule has 21 heavy (non-hydrogen) atoms. The SMILES string of the molecule is Cc1c(F)cccc1-n1nnnc1-c1cccc(N)c1Cl. The maximum atomic E-state index is 13.7. The van der Waals surface area contributed by atoms with Crippen molar-refractivity contribution >= 4 is 17.3 Å². The molecule has 106 valence electrons. The summed E-state index contributed by atoms with van der Waals surface area (Å²) in [5.74, 6) is 0.0774. The van der Waals surface area contributed by atoms with Gasteiger partial charge in [-0.1, -0.05) is 23.7 Å². The van der Waals surface area contributed by atoms with Gasteiger partial charge in [0, 0.05) is 11.1 Å². The van der Waals surface area contributed by atoms with E-state index in [1.165, 1.54) is 10.7 Å². The van der Waals surface area contributed by atoms with Crippen LogP contribution in [0.25, 0.3) is 17.1 Å². The molecular formula is C14H11ClFN5. The number of nitrogen functional groups attached to an aromatic ring is 1. The van der Waals surface area contributed by atoms with Gasteiger partial charge in [-0.15, -0.1) is 5.10 Å². The minimum Gasteiger partial charge on any atom is -0.398 e. The fourth-order valence-corrected chi connectivity index (χ4v) is 2.28. The topological polar surface area (TPSA) is 69.6 Å². The van der Waals surface area contributed by atoms with Gasteiger partial charge in [-0.2, -0.15) is 4.68 Å². The Labute approximate surface area is 125 Å². The van der Waals surface area contributed by atoms with E-state index in [-0.39, 0.29) is 5.82 Å². The zero-order chi connectivity index (χ0) is 15.0. The number of rotatable bonds is 2. The molecule has 0 bridgehead atoms. The van der Waals surface area contributed by atoms with Crippen LogP contribution in [0, 0.1) is 12.7 Å². The second-order valence-corrected chi connectivity index (χ2v) is 4.89. The lowest BCUT2D eigenvalue weighted by Crippen LogP contribution is -2.04. The first-order valence-corrected chi connectivity index (χ1v) is 6.55. The second kappa shape index (κ2) is 5.14. The Morgan fingerprint density at radius 3 is 2.76 bits per heavy atom. The van der Waals surface area contributed by atoms with E-state index in [0.717, 1.165) is 0 Å². The van der Waals surface area contributed by atoms with Crippen LogP contribution in [-0.2, 0) is 0 Å². The highest BCUT2D eigenvalue weighted by atomic mass is 35.5. The summed E-state index contributed by atoms with van der Waals surface area (Å²) < 4.78 is 15.2. The van der Waals surface area contributed by atoms with Gasteiger partial charge in [0.05, 0.1) is 16.4 Å². The largest absolute Gasteiger partial charge is 0.398 e. The maximum absolute atomic E-state index is 13.7. The summed E-state index contributed by atoms with van der Waals surface area (Å²) in [6.45, 7) is 1.66. The van der Waals surface area contributed by atoms with Crippen LogP contribution < -0.4 is 5.73 Å². The fraction of sp³-hybridized carbons (Fsp3) is 0.0714. The van der Waals surface area contributed by atoms with E-state index in [4.69, 9.17) is 17.3 Å². The van der Waals surface area contributed by atoms with E-state index >= 15 is 0 Å². The molecule has 0 radical (unpaired) electrons. The molecule has 0 saturated heterocycles. The number of hydrogen-bond acceptors (Lipinski definition) is 4.